The van der Waals surface area contributed by atoms with Crippen molar-refractivity contribution in [1.29, 1.82) is 0 Å². The van der Waals surface area contributed by atoms with Crippen LogP contribution in [0.5, 0.6) is 0 Å². The number of benzene rings is 2. The highest BCUT2D eigenvalue weighted by atomic mass is 16.2. The lowest BCUT2D eigenvalue weighted by atomic mass is 10.1. The third kappa shape index (κ3) is 5.13. The van der Waals surface area contributed by atoms with Gasteiger partial charge in [-0.25, -0.2) is 4.98 Å². The van der Waals surface area contributed by atoms with Crippen LogP contribution in [0.2, 0.25) is 0 Å². The number of carbonyl (C=O) groups is 2. The van der Waals surface area contributed by atoms with Crippen LogP contribution in [0.15, 0.2) is 48.5 Å². The number of nitrogens with one attached hydrogen (secondary N) is 1. The van der Waals surface area contributed by atoms with Crippen molar-refractivity contribution in [3.63, 3.8) is 0 Å². The second-order valence-electron chi connectivity index (χ2n) is 7.94. The lowest BCUT2D eigenvalue weighted by Crippen LogP contribution is -2.36. The van der Waals surface area contributed by atoms with Crippen LogP contribution in [0.4, 0.5) is 0 Å². The Morgan fingerprint density at radius 3 is 2.35 bits per heavy atom. The average Bonchev–Trinajstić information content (AvgIpc) is 3.12. The Morgan fingerprint density at radius 1 is 1.03 bits per heavy atom. The molecule has 6 heteroatoms. The van der Waals surface area contributed by atoms with Gasteiger partial charge in [0.05, 0.1) is 17.1 Å². The lowest BCUT2D eigenvalue weighted by molar-refractivity contribution is -0.131. The van der Waals surface area contributed by atoms with Crippen LogP contribution in [0, 0.1) is 6.92 Å². The third-order valence-electron chi connectivity index (χ3n) is 5.44. The highest BCUT2D eigenvalue weighted by Crippen LogP contribution is 2.22. The summed E-state index contributed by atoms with van der Waals surface area (Å²) in [5.74, 6) is 0.615. The summed E-state index contributed by atoms with van der Waals surface area (Å²) in [7, 11) is 0. The smallest absolute Gasteiger partial charge is 0.252 e. The predicted molar refractivity (Wildman–Crippen MR) is 124 cm³/mol. The zero-order chi connectivity index (χ0) is 22.4. The molecule has 0 saturated carbocycles. The molecule has 1 atom stereocenters. The molecule has 1 aromatic heterocycles. The van der Waals surface area contributed by atoms with Crippen LogP contribution in [0.25, 0.3) is 11.0 Å². The Hall–Kier alpha value is -3.15. The summed E-state index contributed by atoms with van der Waals surface area (Å²) in [4.78, 5) is 32.6. The quantitative estimate of drug-likeness (QED) is 0.555. The van der Waals surface area contributed by atoms with Crippen molar-refractivity contribution in [3.05, 3.63) is 65.5 Å². The van der Waals surface area contributed by atoms with Crippen LogP contribution in [-0.2, 0) is 11.3 Å². The van der Waals surface area contributed by atoms with Gasteiger partial charge < -0.3 is 14.8 Å². The number of amides is 2. The predicted octanol–water partition coefficient (Wildman–Crippen LogP) is 4.48. The molecular weight excluding hydrogens is 388 g/mol. The van der Waals surface area contributed by atoms with E-state index in [1.54, 1.807) is 0 Å². The summed E-state index contributed by atoms with van der Waals surface area (Å²) in [6.07, 6.45) is 1.85. The molecule has 0 spiro atoms. The molecule has 3 rings (SSSR count). The van der Waals surface area contributed by atoms with Crippen molar-refractivity contribution in [2.45, 2.75) is 53.1 Å². The maximum Gasteiger partial charge on any atom is 0.252 e. The largest absolute Gasteiger partial charge is 0.342 e. The van der Waals surface area contributed by atoms with E-state index in [2.05, 4.69) is 19.2 Å². The Labute approximate surface area is 184 Å². The fraction of sp³-hybridized carbons (Fsp3) is 0.400. The zero-order valence-electron chi connectivity index (χ0n) is 18.9. The Balaban J connectivity index is 1.90. The Kier molecular flexibility index (Phi) is 7.45. The first kappa shape index (κ1) is 22.5. The number of hydrogen-bond acceptors (Lipinski definition) is 3. The topological polar surface area (TPSA) is 67.2 Å². The van der Waals surface area contributed by atoms with Gasteiger partial charge in [-0.15, -0.1) is 0 Å². The van der Waals surface area contributed by atoms with Gasteiger partial charge in [0.15, 0.2) is 0 Å². The van der Waals surface area contributed by atoms with Gasteiger partial charge >= 0.3 is 0 Å². The van der Waals surface area contributed by atoms with E-state index in [4.69, 9.17) is 4.98 Å². The first-order valence-corrected chi connectivity index (χ1v) is 11.1. The highest BCUT2D eigenvalue weighted by molar-refractivity contribution is 5.95. The number of aromatic nitrogens is 2. The summed E-state index contributed by atoms with van der Waals surface area (Å²) < 4.78 is 1.94. The van der Waals surface area contributed by atoms with Gasteiger partial charge in [-0.3, -0.25) is 9.59 Å². The SMILES string of the molecule is CCCN(CCC)C(=O)Cn1c(C(C)NC(=O)c2ccccc2C)nc2ccccc21. The molecule has 3 aromatic rings. The van der Waals surface area contributed by atoms with E-state index in [0.717, 1.165) is 42.5 Å². The van der Waals surface area contributed by atoms with Crippen molar-refractivity contribution in [1.82, 2.24) is 19.8 Å². The maximum absolute atomic E-state index is 13.1. The van der Waals surface area contributed by atoms with E-state index in [9.17, 15) is 9.59 Å². The van der Waals surface area contributed by atoms with E-state index in [1.807, 2.05) is 71.8 Å². The molecule has 0 aliphatic heterocycles. The van der Waals surface area contributed by atoms with Crippen LogP contribution >= 0.6 is 0 Å². The van der Waals surface area contributed by atoms with Gasteiger partial charge in [0.25, 0.3) is 5.91 Å². The molecule has 2 amide bonds. The molecule has 1 heterocycles. The molecule has 164 valence electrons. The molecule has 6 nitrogen and oxygen atoms in total. The van der Waals surface area contributed by atoms with E-state index >= 15 is 0 Å². The molecule has 2 aromatic carbocycles. The molecule has 0 saturated heterocycles. The molecule has 0 fully saturated rings. The first-order chi connectivity index (χ1) is 15.0. The molecule has 0 radical (unpaired) electrons. The van der Waals surface area contributed by atoms with E-state index in [0.29, 0.717) is 11.4 Å². The fourth-order valence-corrected chi connectivity index (χ4v) is 3.89. The number of fused-ring (bicyclic) bond motifs is 1. The number of para-hydroxylation sites is 2. The Bertz CT molecular complexity index is 1050. The van der Waals surface area contributed by atoms with Gasteiger partial charge in [0.2, 0.25) is 5.91 Å². The second kappa shape index (κ2) is 10.2. The number of nitrogens with zero attached hydrogens (tertiary/aromatic N) is 3. The van der Waals surface area contributed by atoms with Gasteiger partial charge in [-0.1, -0.05) is 44.2 Å². The molecule has 0 aliphatic rings. The first-order valence-electron chi connectivity index (χ1n) is 11.1. The summed E-state index contributed by atoms with van der Waals surface area (Å²) >= 11 is 0. The van der Waals surface area contributed by atoms with Crippen molar-refractivity contribution in [3.8, 4) is 0 Å². The lowest BCUT2D eigenvalue weighted by Gasteiger charge is -2.23. The Morgan fingerprint density at radius 2 is 1.68 bits per heavy atom. The third-order valence-corrected chi connectivity index (χ3v) is 5.44. The van der Waals surface area contributed by atoms with E-state index in [1.165, 1.54) is 0 Å². The van der Waals surface area contributed by atoms with Crippen molar-refractivity contribution < 1.29 is 9.59 Å². The highest BCUT2D eigenvalue weighted by Gasteiger charge is 2.22. The minimum atomic E-state index is -0.349. The second-order valence-corrected chi connectivity index (χ2v) is 7.94. The number of carbonyl (C=O) groups excluding carboxylic acids is 2. The summed E-state index contributed by atoms with van der Waals surface area (Å²) in [5, 5.41) is 3.06. The van der Waals surface area contributed by atoms with Gasteiger partial charge in [0, 0.05) is 18.7 Å². The van der Waals surface area contributed by atoms with E-state index in [-0.39, 0.29) is 24.4 Å². The van der Waals surface area contributed by atoms with Crippen LogP contribution in [0.3, 0.4) is 0 Å². The molecule has 1 N–H and O–H groups in total. The van der Waals surface area contributed by atoms with E-state index < -0.39 is 0 Å². The molecule has 0 bridgehead atoms. The van der Waals surface area contributed by atoms with Crippen molar-refractivity contribution >= 4 is 22.8 Å². The van der Waals surface area contributed by atoms with Crippen molar-refractivity contribution in [2.75, 3.05) is 13.1 Å². The standard InChI is InChI=1S/C25H32N4O2/c1-5-15-28(16-6-2)23(30)17-29-22-14-10-9-13-21(22)27-24(29)19(4)26-25(31)20-12-8-7-11-18(20)3/h7-14,19H,5-6,15-17H2,1-4H3,(H,26,31). The molecular formula is C25H32N4O2. The average molecular weight is 421 g/mol. The number of hydrogen-bond donors (Lipinski definition) is 1. The maximum atomic E-state index is 13.1. The fourth-order valence-electron chi connectivity index (χ4n) is 3.89. The molecule has 0 aliphatic carbocycles. The minimum absolute atomic E-state index is 0.0746. The number of imidazole rings is 1. The normalized spacial score (nSPS) is 12.0. The summed E-state index contributed by atoms with van der Waals surface area (Å²) in [6.45, 7) is 9.69. The monoisotopic (exact) mass is 420 g/mol. The zero-order valence-corrected chi connectivity index (χ0v) is 18.9. The summed E-state index contributed by atoms with van der Waals surface area (Å²) in [6, 6.07) is 14.9. The van der Waals surface area contributed by atoms with Gasteiger partial charge in [0.1, 0.15) is 12.4 Å². The molecule has 1 unspecified atom stereocenters. The number of aryl methyl sites for hydroxylation is 1. The van der Waals surface area contributed by atoms with Crippen LogP contribution in [0.1, 0.15) is 61.4 Å². The minimum Gasteiger partial charge on any atom is -0.342 e. The number of rotatable bonds is 9. The summed E-state index contributed by atoms with van der Waals surface area (Å²) in [5.41, 5.74) is 3.28. The van der Waals surface area contributed by atoms with Crippen LogP contribution < -0.4 is 5.32 Å². The van der Waals surface area contributed by atoms with Crippen LogP contribution in [-0.4, -0.2) is 39.4 Å². The van der Waals surface area contributed by atoms with Crippen molar-refractivity contribution in [2.24, 2.45) is 0 Å². The van der Waals surface area contributed by atoms with Gasteiger partial charge in [-0.05, 0) is 50.5 Å². The molecule has 31 heavy (non-hydrogen) atoms. The van der Waals surface area contributed by atoms with Gasteiger partial charge in [-0.2, -0.15) is 0 Å².